The Morgan fingerprint density at radius 3 is 2.20 bits per heavy atom. The van der Waals surface area contributed by atoms with Crippen LogP contribution in [0.15, 0.2) is 72.4 Å². The van der Waals surface area contributed by atoms with Crippen molar-refractivity contribution >= 4 is 72.1 Å². The Balaban J connectivity index is 1.25. The lowest BCUT2D eigenvalue weighted by Gasteiger charge is -2.41. The van der Waals surface area contributed by atoms with Gasteiger partial charge in [0.25, 0.3) is 11.5 Å². The number of amides is 1. The van der Waals surface area contributed by atoms with Crippen LogP contribution in [0.1, 0.15) is 70.8 Å². The van der Waals surface area contributed by atoms with Gasteiger partial charge in [0.1, 0.15) is 36.8 Å². The van der Waals surface area contributed by atoms with Gasteiger partial charge in [-0.3, -0.25) is 27.6 Å². The molecular formula is C43H60N9O13P2SSi2+. The molecular weight excluding hydrogens is 1000 g/mol. The number of imidazole rings is 2. The second kappa shape index (κ2) is 21.2. The van der Waals surface area contributed by atoms with E-state index in [2.05, 4.69) is 46.0 Å². The highest BCUT2D eigenvalue weighted by atomic mass is 32.5. The fourth-order valence-electron chi connectivity index (χ4n) is 7.45. The van der Waals surface area contributed by atoms with Crippen molar-refractivity contribution in [1.82, 2.24) is 33.5 Å². The maximum absolute atomic E-state index is 13.2. The van der Waals surface area contributed by atoms with E-state index in [4.69, 9.17) is 48.2 Å². The molecule has 1 aromatic carbocycles. The van der Waals surface area contributed by atoms with Gasteiger partial charge in [-0.25, -0.2) is 19.9 Å². The van der Waals surface area contributed by atoms with Crippen molar-refractivity contribution in [2.45, 2.75) is 133 Å². The average molecular weight is 1060 g/mol. The molecule has 3 N–H and O–H groups in total. The Morgan fingerprint density at radius 2 is 1.56 bits per heavy atom. The number of benzene rings is 1. The standard InChI is InChI=1S/C43H59N9O13P2SSi2/c1-42(2,3)69(7,8)64-33-29(61-39(34(33)62-66(56)57)51-20-17-30(54)50-21-19-45-41(50)51)24-59-67(68,58-22-14-18-44)63-32-28(23-53)60-40(35(32)65-70(9,10)43(4,5)6)52-26-48-31-36(46-25-47-37(31)52)49-38(55)27-15-12-11-13-16-27/h11-13,15-17,19-21,25-26,28-29,32-35,39-40,53H,14,22-24H2,1-10H3,(H-,46,47,49,55,56,57)/p+1/t28-,29-,32-,33-,34-,35-,39-,40-,67?/m1/s1. The molecule has 1 amide bonds. The number of hydrogen-bond donors (Lipinski definition) is 3. The Morgan fingerprint density at radius 1 is 0.900 bits per heavy atom. The van der Waals surface area contributed by atoms with Crippen molar-refractivity contribution in [3.05, 3.63) is 83.6 Å². The van der Waals surface area contributed by atoms with Crippen LogP contribution in [0, 0.1) is 11.3 Å². The quantitative estimate of drug-likeness (QED) is 0.0438. The van der Waals surface area contributed by atoms with Gasteiger partial charge in [-0.05, 0) is 60.2 Å². The van der Waals surface area contributed by atoms with E-state index < -0.39 is 93.2 Å². The first-order chi connectivity index (χ1) is 32.9. The lowest BCUT2D eigenvalue weighted by Crippen LogP contribution is -2.50. The molecule has 22 nitrogen and oxygen atoms in total. The molecule has 0 spiro atoms. The molecule has 27 heteroatoms. The molecule has 2 aliphatic rings. The van der Waals surface area contributed by atoms with Gasteiger partial charge >= 0.3 is 15.0 Å². The molecule has 10 atom stereocenters. The summed E-state index contributed by atoms with van der Waals surface area (Å²) in [5.74, 6) is -0.0822. The highest BCUT2D eigenvalue weighted by Gasteiger charge is 2.57. The first-order valence-corrected chi connectivity index (χ1v) is 32.0. The Bertz CT molecular complexity index is 2840. The zero-order valence-electron chi connectivity index (χ0n) is 40.6. The third-order valence-corrected chi connectivity index (χ3v) is 24.9. The minimum Gasteiger partial charge on any atom is -0.408 e. The predicted octanol–water partition coefficient (Wildman–Crippen LogP) is 6.75. The fourth-order valence-corrected chi connectivity index (χ4v) is 12.6. The number of carbonyl (C=O) groups excluding carboxylic acids is 1. The number of nitrogens with zero attached hydrogens (tertiary/aromatic N) is 8. The number of ether oxygens (including phenoxy) is 2. The molecule has 0 saturated carbocycles. The minimum atomic E-state index is -4.04. The highest BCUT2D eigenvalue weighted by molar-refractivity contribution is 8.07. The number of aliphatic hydroxyl groups excluding tert-OH is 1. The summed E-state index contributed by atoms with van der Waals surface area (Å²) in [6, 6.07) is 12.0. The fraction of sp³-hybridized carbons (Fsp3) is 0.558. The molecule has 4 aromatic heterocycles. The third-order valence-electron chi connectivity index (χ3n) is 13.2. The summed E-state index contributed by atoms with van der Waals surface area (Å²) < 4.78 is 69.7. The van der Waals surface area contributed by atoms with E-state index in [1.165, 1.54) is 46.3 Å². The van der Waals surface area contributed by atoms with E-state index in [0.717, 1.165) is 0 Å². The maximum Gasteiger partial charge on any atom is 0.695 e. The van der Waals surface area contributed by atoms with E-state index >= 15 is 0 Å². The number of anilines is 1. The monoisotopic (exact) mass is 1060 g/mol. The number of fused-ring (bicyclic) bond motifs is 2. The number of aromatic nitrogens is 7. The summed E-state index contributed by atoms with van der Waals surface area (Å²) in [5, 5.41) is 22.7. The normalized spacial score (nSPS) is 24.5. The van der Waals surface area contributed by atoms with Crippen molar-refractivity contribution in [3.63, 3.8) is 0 Å². The van der Waals surface area contributed by atoms with Crippen molar-refractivity contribution in [1.29, 1.82) is 5.26 Å². The van der Waals surface area contributed by atoms with Gasteiger partial charge in [0.2, 0.25) is 5.78 Å². The van der Waals surface area contributed by atoms with Crippen LogP contribution in [-0.4, -0.2) is 122 Å². The lowest BCUT2D eigenvalue weighted by molar-refractivity contribution is -0.0548. The second-order valence-corrected chi connectivity index (χ2v) is 33.0. The molecule has 0 aliphatic carbocycles. The summed E-state index contributed by atoms with van der Waals surface area (Å²) in [4.78, 5) is 54.1. The van der Waals surface area contributed by atoms with Crippen molar-refractivity contribution in [2.24, 2.45) is 0 Å². The van der Waals surface area contributed by atoms with E-state index in [9.17, 15) is 29.4 Å². The minimum absolute atomic E-state index is 0.0860. The molecule has 2 saturated heterocycles. The molecule has 2 fully saturated rings. The van der Waals surface area contributed by atoms with Gasteiger partial charge in [0.05, 0.1) is 38.6 Å². The summed E-state index contributed by atoms with van der Waals surface area (Å²) in [6.07, 6.45) is -1.85. The number of rotatable bonds is 19. The predicted molar refractivity (Wildman–Crippen MR) is 264 cm³/mol. The number of nitriles is 1. The van der Waals surface area contributed by atoms with Gasteiger partial charge in [-0.1, -0.05) is 59.7 Å². The van der Waals surface area contributed by atoms with Gasteiger partial charge < -0.3 is 37.8 Å². The number of hydrogen-bond acceptors (Lipinski definition) is 18. The molecule has 7 rings (SSSR count). The summed E-state index contributed by atoms with van der Waals surface area (Å²) >= 11 is 6.18. The first kappa shape index (κ1) is 53.7. The topological polar surface area (TPSA) is 267 Å². The largest absolute Gasteiger partial charge is 0.695 e. The Hall–Kier alpha value is -4.07. The first-order valence-electron chi connectivity index (χ1n) is 22.5. The van der Waals surface area contributed by atoms with Crippen LogP contribution in [0.25, 0.3) is 16.9 Å². The molecule has 5 aromatic rings. The van der Waals surface area contributed by atoms with Crippen molar-refractivity contribution in [2.75, 3.05) is 25.1 Å². The van der Waals surface area contributed by atoms with Crippen LogP contribution in [0.2, 0.25) is 36.3 Å². The van der Waals surface area contributed by atoms with E-state index in [1.807, 2.05) is 53.0 Å². The van der Waals surface area contributed by atoms with Crippen LogP contribution < -0.4 is 10.9 Å². The molecule has 2 unspecified atom stereocenters. The number of aliphatic hydroxyl groups is 1. The summed E-state index contributed by atoms with van der Waals surface area (Å²) in [7, 11) is -8.71. The lowest BCUT2D eigenvalue weighted by atomic mass is 10.1. The zero-order valence-corrected chi connectivity index (χ0v) is 45.2. The molecule has 0 radical (unpaired) electrons. The van der Waals surface area contributed by atoms with Crippen LogP contribution in [0.3, 0.4) is 0 Å². The van der Waals surface area contributed by atoms with Crippen molar-refractivity contribution < 1.29 is 55.8 Å². The third kappa shape index (κ3) is 11.4. The molecule has 0 bridgehead atoms. The van der Waals surface area contributed by atoms with Gasteiger partial charge in [-0.15, -0.1) is 9.42 Å². The van der Waals surface area contributed by atoms with Crippen LogP contribution in [0.5, 0.6) is 0 Å². The Kier molecular flexibility index (Phi) is 16.3. The van der Waals surface area contributed by atoms with Crippen LogP contribution >= 0.6 is 15.0 Å². The smallest absolute Gasteiger partial charge is 0.408 e. The summed E-state index contributed by atoms with van der Waals surface area (Å²) in [5.41, 5.74) is 0.584. The SMILES string of the molecule is CC(C)(C)[Si](C)(C)O[C@@H]1[C@H](OP(=S)(OCCC#N)OC[C@H]2O[C@@H](n3ccc(=O)n4ccnc34)[C@H](O[P+](=O)O)[C@@H]2O[Si](C)(C)C(C)(C)C)[C@@H](CO)O[C@H]1n1cnc2c(NC(=O)c3ccccc3)ncnc21. The molecule has 378 valence electrons. The Labute approximate surface area is 413 Å². The summed E-state index contributed by atoms with van der Waals surface area (Å²) in [6.45, 7) is 15.2. The van der Waals surface area contributed by atoms with Gasteiger partial charge in [0, 0.05) is 34.8 Å². The maximum atomic E-state index is 13.2. The van der Waals surface area contributed by atoms with E-state index in [-0.39, 0.29) is 58.0 Å². The van der Waals surface area contributed by atoms with Crippen molar-refractivity contribution in [3.8, 4) is 6.07 Å². The average Bonchev–Trinajstić information content (AvgIpc) is 4.09. The van der Waals surface area contributed by atoms with Gasteiger partial charge in [-0.2, -0.15) is 5.26 Å². The van der Waals surface area contributed by atoms with Gasteiger partial charge in [0.15, 0.2) is 52.2 Å². The molecule has 6 heterocycles. The zero-order chi connectivity index (χ0) is 51.0. The molecule has 70 heavy (non-hydrogen) atoms. The second-order valence-electron chi connectivity index (χ2n) is 19.9. The highest BCUT2D eigenvalue weighted by Crippen LogP contribution is 2.56. The number of carbonyl (C=O) groups is 1. The molecule has 2 aliphatic heterocycles. The van der Waals surface area contributed by atoms with Crippen LogP contribution in [-0.2, 0) is 52.8 Å². The van der Waals surface area contributed by atoms with E-state index in [0.29, 0.717) is 5.56 Å². The number of nitrogens with one attached hydrogen (secondary N) is 1. The van der Waals surface area contributed by atoms with E-state index in [1.54, 1.807) is 34.9 Å². The van der Waals surface area contributed by atoms with Crippen LogP contribution in [0.4, 0.5) is 5.82 Å².